The lowest BCUT2D eigenvalue weighted by Crippen LogP contribution is -2.27. The molecule has 0 radical (unpaired) electrons. The molecule has 1 aliphatic carbocycles. The number of hydrogen-bond acceptors (Lipinski definition) is 4. The average molecular weight is 346 g/mol. The van der Waals surface area contributed by atoms with E-state index in [0.717, 1.165) is 18.0 Å². The maximum absolute atomic E-state index is 5.90. The van der Waals surface area contributed by atoms with Crippen LogP contribution in [0.15, 0.2) is 35.7 Å². The van der Waals surface area contributed by atoms with Crippen molar-refractivity contribution in [3.05, 3.63) is 46.2 Å². The molecule has 1 aromatic carbocycles. The number of thiophene rings is 1. The standard InChI is InChI=1S/C20H27NO2S/c1-22-20-13-16(14-21-17-7-4-2-3-5-8-17)10-11-19(20)23-15-18-9-6-12-24-18/h6,9-13,17,21H,2-5,7-8,14-15H2,1H3. The van der Waals surface area contributed by atoms with Crippen molar-refractivity contribution >= 4 is 11.3 Å². The minimum atomic E-state index is 0.591. The van der Waals surface area contributed by atoms with Gasteiger partial charge in [-0.2, -0.15) is 0 Å². The maximum Gasteiger partial charge on any atom is 0.161 e. The first-order valence-electron chi connectivity index (χ1n) is 8.90. The lowest BCUT2D eigenvalue weighted by atomic mass is 10.1. The molecule has 24 heavy (non-hydrogen) atoms. The van der Waals surface area contributed by atoms with Gasteiger partial charge in [-0.15, -0.1) is 11.3 Å². The van der Waals surface area contributed by atoms with Crippen LogP contribution in [-0.2, 0) is 13.2 Å². The van der Waals surface area contributed by atoms with E-state index in [4.69, 9.17) is 9.47 Å². The van der Waals surface area contributed by atoms with Gasteiger partial charge < -0.3 is 14.8 Å². The molecular weight excluding hydrogens is 318 g/mol. The molecule has 0 amide bonds. The highest BCUT2D eigenvalue weighted by molar-refractivity contribution is 7.09. The van der Waals surface area contributed by atoms with Crippen molar-refractivity contribution < 1.29 is 9.47 Å². The fourth-order valence-corrected chi connectivity index (χ4v) is 3.85. The lowest BCUT2D eigenvalue weighted by molar-refractivity contribution is 0.287. The van der Waals surface area contributed by atoms with E-state index in [9.17, 15) is 0 Å². The smallest absolute Gasteiger partial charge is 0.161 e. The Morgan fingerprint density at radius 1 is 1.08 bits per heavy atom. The van der Waals surface area contributed by atoms with E-state index in [1.165, 1.54) is 49.0 Å². The molecule has 1 aromatic heterocycles. The Balaban J connectivity index is 1.56. The van der Waals surface area contributed by atoms with Gasteiger partial charge >= 0.3 is 0 Å². The largest absolute Gasteiger partial charge is 0.493 e. The molecule has 1 aliphatic rings. The van der Waals surface area contributed by atoms with E-state index in [0.29, 0.717) is 12.6 Å². The van der Waals surface area contributed by atoms with Gasteiger partial charge in [0.2, 0.25) is 0 Å². The van der Waals surface area contributed by atoms with Crippen molar-refractivity contribution in [1.29, 1.82) is 0 Å². The first kappa shape index (κ1) is 17.3. The lowest BCUT2D eigenvalue weighted by Gasteiger charge is -2.17. The van der Waals surface area contributed by atoms with E-state index in [1.54, 1.807) is 18.4 Å². The quantitative estimate of drug-likeness (QED) is 0.704. The first-order valence-corrected chi connectivity index (χ1v) is 9.78. The molecule has 130 valence electrons. The summed E-state index contributed by atoms with van der Waals surface area (Å²) in [5.41, 5.74) is 1.25. The van der Waals surface area contributed by atoms with Gasteiger partial charge in [0, 0.05) is 17.5 Å². The summed E-state index contributed by atoms with van der Waals surface area (Å²) in [6.07, 6.45) is 8.11. The Morgan fingerprint density at radius 2 is 1.92 bits per heavy atom. The van der Waals surface area contributed by atoms with Gasteiger partial charge in [0.1, 0.15) is 6.61 Å². The van der Waals surface area contributed by atoms with Crippen molar-refractivity contribution in [2.45, 2.75) is 57.7 Å². The molecule has 1 saturated carbocycles. The Labute approximate surface area is 149 Å². The van der Waals surface area contributed by atoms with Crippen LogP contribution in [0.5, 0.6) is 11.5 Å². The molecule has 0 aliphatic heterocycles. The van der Waals surface area contributed by atoms with E-state index in [-0.39, 0.29) is 0 Å². The molecule has 3 nitrogen and oxygen atoms in total. The number of methoxy groups -OCH3 is 1. The molecule has 1 N–H and O–H groups in total. The molecule has 0 unspecified atom stereocenters. The van der Waals surface area contributed by atoms with Crippen molar-refractivity contribution in [2.24, 2.45) is 0 Å². The molecule has 1 fully saturated rings. The summed E-state index contributed by atoms with van der Waals surface area (Å²) >= 11 is 1.71. The maximum atomic E-state index is 5.90. The fraction of sp³-hybridized carbons (Fsp3) is 0.500. The number of rotatable bonds is 7. The van der Waals surface area contributed by atoms with Crippen LogP contribution in [-0.4, -0.2) is 13.2 Å². The minimum absolute atomic E-state index is 0.591. The SMILES string of the molecule is COc1cc(CNC2CCCCCC2)ccc1OCc1cccs1. The Hall–Kier alpha value is -1.52. The van der Waals surface area contributed by atoms with Gasteiger partial charge in [-0.25, -0.2) is 0 Å². The molecule has 0 atom stereocenters. The summed E-state index contributed by atoms with van der Waals surface area (Å²) in [4.78, 5) is 1.22. The Kier molecular flexibility index (Phi) is 6.56. The van der Waals surface area contributed by atoms with Crippen LogP contribution in [0, 0.1) is 0 Å². The second kappa shape index (κ2) is 9.09. The average Bonchev–Trinajstić information content (AvgIpc) is 3.00. The number of ether oxygens (including phenoxy) is 2. The second-order valence-electron chi connectivity index (χ2n) is 6.42. The number of hydrogen-bond donors (Lipinski definition) is 1. The monoisotopic (exact) mass is 345 g/mol. The molecule has 3 rings (SSSR count). The van der Waals surface area contributed by atoms with Gasteiger partial charge in [0.15, 0.2) is 11.5 Å². The van der Waals surface area contributed by atoms with Crippen LogP contribution in [0.3, 0.4) is 0 Å². The zero-order valence-electron chi connectivity index (χ0n) is 14.4. The number of benzene rings is 1. The van der Waals surface area contributed by atoms with Crippen LogP contribution < -0.4 is 14.8 Å². The van der Waals surface area contributed by atoms with Crippen molar-refractivity contribution in [1.82, 2.24) is 5.32 Å². The van der Waals surface area contributed by atoms with Crippen molar-refractivity contribution in [3.8, 4) is 11.5 Å². The van der Waals surface area contributed by atoms with Crippen molar-refractivity contribution in [2.75, 3.05) is 7.11 Å². The highest BCUT2D eigenvalue weighted by Gasteiger charge is 2.12. The van der Waals surface area contributed by atoms with Crippen LogP contribution in [0.1, 0.15) is 49.0 Å². The van der Waals surface area contributed by atoms with Crippen LogP contribution in [0.25, 0.3) is 0 Å². The number of nitrogens with one attached hydrogen (secondary N) is 1. The van der Waals surface area contributed by atoms with Gasteiger partial charge in [-0.05, 0) is 42.0 Å². The highest BCUT2D eigenvalue weighted by atomic mass is 32.1. The normalized spacial score (nSPS) is 15.9. The first-order chi connectivity index (χ1) is 11.8. The molecule has 4 heteroatoms. The summed E-state index contributed by atoms with van der Waals surface area (Å²) in [6.45, 7) is 1.49. The molecular formula is C20H27NO2S. The molecule has 0 bridgehead atoms. The summed E-state index contributed by atoms with van der Waals surface area (Å²) in [5, 5.41) is 5.78. The summed E-state index contributed by atoms with van der Waals surface area (Å²) < 4.78 is 11.4. The predicted octanol–water partition coefficient (Wildman–Crippen LogP) is 5.15. The Bertz CT molecular complexity index is 604. The third-order valence-electron chi connectivity index (χ3n) is 4.63. The zero-order valence-corrected chi connectivity index (χ0v) is 15.2. The van der Waals surface area contributed by atoms with Crippen LogP contribution >= 0.6 is 11.3 Å². The third-order valence-corrected chi connectivity index (χ3v) is 5.48. The van der Waals surface area contributed by atoms with E-state index < -0.39 is 0 Å². The summed E-state index contributed by atoms with van der Waals surface area (Å²) in [7, 11) is 1.70. The fourth-order valence-electron chi connectivity index (χ4n) is 3.23. The molecule has 1 heterocycles. The van der Waals surface area contributed by atoms with Crippen molar-refractivity contribution in [3.63, 3.8) is 0 Å². The van der Waals surface area contributed by atoms with E-state index in [1.807, 2.05) is 12.1 Å². The van der Waals surface area contributed by atoms with Gasteiger partial charge in [0.05, 0.1) is 7.11 Å². The van der Waals surface area contributed by atoms with E-state index in [2.05, 4.69) is 28.9 Å². The topological polar surface area (TPSA) is 30.5 Å². The highest BCUT2D eigenvalue weighted by Crippen LogP contribution is 2.29. The summed E-state index contributed by atoms with van der Waals surface area (Å²) in [6, 6.07) is 11.0. The second-order valence-corrected chi connectivity index (χ2v) is 7.45. The molecule has 0 spiro atoms. The third kappa shape index (κ3) is 4.99. The van der Waals surface area contributed by atoms with Gasteiger partial charge in [0.25, 0.3) is 0 Å². The zero-order chi connectivity index (χ0) is 16.6. The summed E-state index contributed by atoms with van der Waals surface area (Å²) in [5.74, 6) is 1.62. The van der Waals surface area contributed by atoms with Gasteiger partial charge in [-0.1, -0.05) is 37.8 Å². The van der Waals surface area contributed by atoms with Crippen LogP contribution in [0.4, 0.5) is 0 Å². The molecule has 0 saturated heterocycles. The Morgan fingerprint density at radius 3 is 2.62 bits per heavy atom. The van der Waals surface area contributed by atoms with E-state index >= 15 is 0 Å². The molecule has 2 aromatic rings. The predicted molar refractivity (Wildman–Crippen MR) is 100.0 cm³/mol. The van der Waals surface area contributed by atoms with Gasteiger partial charge in [-0.3, -0.25) is 0 Å². The minimum Gasteiger partial charge on any atom is -0.493 e. The van der Waals surface area contributed by atoms with Crippen LogP contribution in [0.2, 0.25) is 0 Å².